The lowest BCUT2D eigenvalue weighted by Gasteiger charge is -2.26. The summed E-state index contributed by atoms with van der Waals surface area (Å²) in [7, 11) is 1.73. The van der Waals surface area contributed by atoms with Crippen molar-refractivity contribution in [2.45, 2.75) is 32.7 Å². The van der Waals surface area contributed by atoms with Crippen LogP contribution in [0.4, 0.5) is 17.5 Å². The van der Waals surface area contributed by atoms with Crippen molar-refractivity contribution in [3.05, 3.63) is 42.1 Å². The molecule has 1 saturated heterocycles. The third-order valence-electron chi connectivity index (χ3n) is 4.75. The van der Waals surface area contributed by atoms with Crippen LogP contribution in [0.15, 0.2) is 30.7 Å². The third-order valence-corrected chi connectivity index (χ3v) is 4.75. The van der Waals surface area contributed by atoms with Crippen LogP contribution in [0.2, 0.25) is 0 Å². The van der Waals surface area contributed by atoms with Gasteiger partial charge < -0.3 is 15.0 Å². The minimum absolute atomic E-state index is 0.303. The highest BCUT2D eigenvalue weighted by atomic mass is 16.5. The van der Waals surface area contributed by atoms with Crippen molar-refractivity contribution < 1.29 is 4.74 Å². The summed E-state index contributed by atoms with van der Waals surface area (Å²) in [5.41, 5.74) is 1.91. The molecule has 1 atom stereocenters. The van der Waals surface area contributed by atoms with Gasteiger partial charge in [-0.15, -0.1) is 0 Å². The molecule has 0 saturated carbocycles. The molecular formula is C19H24N8O. The van der Waals surface area contributed by atoms with E-state index in [1.54, 1.807) is 30.4 Å². The summed E-state index contributed by atoms with van der Waals surface area (Å²) in [5.74, 6) is 2.65. The second-order valence-electron chi connectivity index (χ2n) is 6.91. The lowest BCUT2D eigenvalue weighted by molar-refractivity contribution is 0.180. The van der Waals surface area contributed by atoms with E-state index in [1.807, 2.05) is 26.0 Å². The van der Waals surface area contributed by atoms with Gasteiger partial charge in [0.25, 0.3) is 5.95 Å². The largest absolute Gasteiger partial charge is 0.383 e. The van der Waals surface area contributed by atoms with Gasteiger partial charge in [-0.25, -0.2) is 9.67 Å². The number of aryl methyl sites for hydroxylation is 2. The molecule has 1 aliphatic rings. The monoisotopic (exact) mass is 380 g/mol. The Morgan fingerprint density at radius 3 is 2.79 bits per heavy atom. The van der Waals surface area contributed by atoms with Crippen LogP contribution in [0.5, 0.6) is 0 Å². The number of nitrogens with one attached hydrogen (secondary N) is 1. The average Bonchev–Trinajstić information content (AvgIpc) is 3.28. The minimum atomic E-state index is 0.303. The van der Waals surface area contributed by atoms with E-state index in [1.165, 1.54) is 0 Å². The first-order chi connectivity index (χ1) is 13.6. The average molecular weight is 380 g/mol. The molecule has 1 fully saturated rings. The Bertz CT molecular complexity index is 942. The first-order valence-corrected chi connectivity index (χ1v) is 9.35. The Morgan fingerprint density at radius 1 is 1.18 bits per heavy atom. The fourth-order valence-corrected chi connectivity index (χ4v) is 3.56. The summed E-state index contributed by atoms with van der Waals surface area (Å²) < 4.78 is 7.17. The van der Waals surface area contributed by atoms with Crippen molar-refractivity contribution in [1.29, 1.82) is 0 Å². The minimum Gasteiger partial charge on any atom is -0.383 e. The predicted molar refractivity (Wildman–Crippen MR) is 106 cm³/mol. The molecule has 4 rings (SSSR count). The van der Waals surface area contributed by atoms with Crippen LogP contribution in [0.3, 0.4) is 0 Å². The smallest absolute Gasteiger partial charge is 0.254 e. The van der Waals surface area contributed by atoms with E-state index in [2.05, 4.69) is 30.3 Å². The SMILES string of the molecule is COC[C@H]1CCCN1c1cc(Nc2cnccn2)nc(-n2nc(C)cc2C)n1. The Labute approximate surface area is 163 Å². The van der Waals surface area contributed by atoms with Gasteiger partial charge in [0.05, 0.1) is 24.5 Å². The molecule has 3 aromatic rings. The number of methoxy groups -OCH3 is 1. The molecule has 0 bridgehead atoms. The molecule has 9 heteroatoms. The summed E-state index contributed by atoms with van der Waals surface area (Å²) in [6.45, 7) is 5.56. The van der Waals surface area contributed by atoms with Gasteiger partial charge in [0.2, 0.25) is 0 Å². The number of aromatic nitrogens is 6. The maximum atomic E-state index is 5.40. The number of hydrogen-bond donors (Lipinski definition) is 1. The van der Waals surface area contributed by atoms with Crippen LogP contribution in [-0.4, -0.2) is 56.0 Å². The van der Waals surface area contributed by atoms with Crippen LogP contribution in [0.25, 0.3) is 5.95 Å². The zero-order chi connectivity index (χ0) is 19.5. The van der Waals surface area contributed by atoms with Crippen LogP contribution in [-0.2, 0) is 4.74 Å². The molecule has 1 N–H and O–H groups in total. The molecule has 28 heavy (non-hydrogen) atoms. The Morgan fingerprint density at radius 2 is 2.07 bits per heavy atom. The molecular weight excluding hydrogens is 356 g/mol. The highest BCUT2D eigenvalue weighted by Crippen LogP contribution is 2.27. The third kappa shape index (κ3) is 3.79. The summed E-state index contributed by atoms with van der Waals surface area (Å²) in [6.07, 6.45) is 7.13. The fourth-order valence-electron chi connectivity index (χ4n) is 3.56. The van der Waals surface area contributed by atoms with E-state index in [0.29, 0.717) is 30.2 Å². The van der Waals surface area contributed by atoms with Crippen molar-refractivity contribution in [1.82, 2.24) is 29.7 Å². The van der Waals surface area contributed by atoms with Crippen LogP contribution < -0.4 is 10.2 Å². The highest BCUT2D eigenvalue weighted by molar-refractivity contribution is 5.58. The lowest BCUT2D eigenvalue weighted by atomic mass is 10.2. The van der Waals surface area contributed by atoms with Gasteiger partial charge in [0.1, 0.15) is 17.5 Å². The molecule has 0 spiro atoms. The molecule has 0 radical (unpaired) electrons. The van der Waals surface area contributed by atoms with Gasteiger partial charge in [-0.1, -0.05) is 0 Å². The number of ether oxygens (including phenoxy) is 1. The number of hydrogen-bond acceptors (Lipinski definition) is 8. The second kappa shape index (κ2) is 7.89. The van der Waals surface area contributed by atoms with Gasteiger partial charge in [-0.2, -0.15) is 15.1 Å². The van der Waals surface area contributed by atoms with Crippen molar-refractivity contribution in [2.75, 3.05) is 30.5 Å². The van der Waals surface area contributed by atoms with Crippen molar-refractivity contribution in [3.8, 4) is 5.95 Å². The maximum absolute atomic E-state index is 5.40. The molecule has 0 unspecified atom stereocenters. The summed E-state index contributed by atoms with van der Waals surface area (Å²) in [5, 5.41) is 7.77. The molecule has 3 aromatic heterocycles. The molecule has 0 amide bonds. The van der Waals surface area contributed by atoms with Crippen molar-refractivity contribution in [3.63, 3.8) is 0 Å². The molecule has 9 nitrogen and oxygen atoms in total. The Balaban J connectivity index is 1.75. The van der Waals surface area contributed by atoms with E-state index in [-0.39, 0.29) is 0 Å². The van der Waals surface area contributed by atoms with Gasteiger partial charge in [0, 0.05) is 37.8 Å². The van der Waals surface area contributed by atoms with E-state index >= 15 is 0 Å². The van der Waals surface area contributed by atoms with E-state index in [0.717, 1.165) is 36.6 Å². The predicted octanol–water partition coefficient (Wildman–Crippen LogP) is 2.43. The highest BCUT2D eigenvalue weighted by Gasteiger charge is 2.27. The maximum Gasteiger partial charge on any atom is 0.254 e. The van der Waals surface area contributed by atoms with Crippen LogP contribution >= 0.6 is 0 Å². The van der Waals surface area contributed by atoms with E-state index in [9.17, 15) is 0 Å². The van der Waals surface area contributed by atoms with E-state index < -0.39 is 0 Å². The number of rotatable bonds is 6. The summed E-state index contributed by atoms with van der Waals surface area (Å²) >= 11 is 0. The summed E-state index contributed by atoms with van der Waals surface area (Å²) in [4.78, 5) is 20.1. The number of anilines is 3. The molecule has 0 aliphatic carbocycles. The second-order valence-corrected chi connectivity index (χ2v) is 6.91. The first kappa shape index (κ1) is 18.3. The quantitative estimate of drug-likeness (QED) is 0.697. The fraction of sp³-hybridized carbons (Fsp3) is 0.421. The molecule has 1 aliphatic heterocycles. The van der Waals surface area contributed by atoms with Gasteiger partial charge >= 0.3 is 0 Å². The van der Waals surface area contributed by atoms with Crippen LogP contribution in [0, 0.1) is 13.8 Å². The topological polar surface area (TPSA) is 93.9 Å². The summed E-state index contributed by atoms with van der Waals surface area (Å²) in [6, 6.07) is 4.25. The van der Waals surface area contributed by atoms with Gasteiger partial charge in [-0.05, 0) is 32.8 Å². The zero-order valence-electron chi connectivity index (χ0n) is 16.3. The lowest BCUT2D eigenvalue weighted by Crippen LogP contribution is -2.33. The van der Waals surface area contributed by atoms with Crippen molar-refractivity contribution in [2.24, 2.45) is 0 Å². The first-order valence-electron chi connectivity index (χ1n) is 9.35. The van der Waals surface area contributed by atoms with Crippen LogP contribution in [0.1, 0.15) is 24.2 Å². The molecule has 146 valence electrons. The van der Waals surface area contributed by atoms with E-state index in [4.69, 9.17) is 9.72 Å². The standard InChI is InChI=1S/C19H24N8O/c1-13-9-14(2)27(25-13)19-23-16(22-17-11-20-6-7-21-17)10-18(24-19)26-8-4-5-15(26)12-28-3/h6-7,9-11,15H,4-5,8,12H2,1-3H3,(H,21,22,23,24)/t15-/m1/s1. The molecule has 4 heterocycles. The zero-order valence-corrected chi connectivity index (χ0v) is 16.3. The normalized spacial score (nSPS) is 16.5. The Kier molecular flexibility index (Phi) is 5.16. The molecule has 0 aromatic carbocycles. The van der Waals surface area contributed by atoms with Gasteiger partial charge in [0.15, 0.2) is 0 Å². The van der Waals surface area contributed by atoms with Crippen molar-refractivity contribution >= 4 is 17.5 Å². The number of nitrogens with zero attached hydrogens (tertiary/aromatic N) is 7. The Hall–Kier alpha value is -3.07. The van der Waals surface area contributed by atoms with Gasteiger partial charge in [-0.3, -0.25) is 4.98 Å².